The predicted molar refractivity (Wildman–Crippen MR) is 47.0 cm³/mol. The van der Waals surface area contributed by atoms with Gasteiger partial charge in [-0.15, -0.1) is 0 Å². The molecule has 0 aliphatic rings. The molecule has 0 amide bonds. The number of rotatable bonds is 3. The Hall–Kier alpha value is -0.930. The number of nitrogens with one attached hydrogen (secondary N) is 1. The van der Waals surface area contributed by atoms with Gasteiger partial charge in [-0.2, -0.15) is 5.10 Å². The lowest BCUT2D eigenvalue weighted by atomic mass is 10.0. The highest BCUT2D eigenvalue weighted by Crippen LogP contribution is 2.27. The van der Waals surface area contributed by atoms with Gasteiger partial charge in [0, 0.05) is 5.69 Å². The van der Waals surface area contributed by atoms with Crippen molar-refractivity contribution in [1.82, 2.24) is 10.2 Å². The van der Waals surface area contributed by atoms with E-state index in [0.29, 0.717) is 5.56 Å². The van der Waals surface area contributed by atoms with Crippen LogP contribution in [0.15, 0.2) is 0 Å². The van der Waals surface area contributed by atoms with Crippen molar-refractivity contribution in [2.75, 3.05) is 0 Å². The van der Waals surface area contributed by atoms with Gasteiger partial charge >= 0.3 is 0 Å². The Morgan fingerprint density at radius 1 is 1.46 bits per heavy atom. The van der Waals surface area contributed by atoms with Crippen LogP contribution < -0.4 is 0 Å². The third-order valence-corrected chi connectivity index (χ3v) is 2.40. The molecule has 1 N–H and O–H groups in total. The molecule has 0 radical (unpaired) electrons. The van der Waals surface area contributed by atoms with Gasteiger partial charge in [0.1, 0.15) is 5.69 Å². The monoisotopic (exact) mass is 188 g/mol. The minimum Gasteiger partial charge on any atom is -0.282 e. The van der Waals surface area contributed by atoms with Gasteiger partial charge < -0.3 is 0 Å². The summed E-state index contributed by atoms with van der Waals surface area (Å²) in [5.74, 6) is 0.264. The van der Waals surface area contributed by atoms with E-state index >= 15 is 0 Å². The van der Waals surface area contributed by atoms with Crippen molar-refractivity contribution in [3.05, 3.63) is 17.0 Å². The van der Waals surface area contributed by atoms with Crippen molar-refractivity contribution in [3.8, 4) is 0 Å². The van der Waals surface area contributed by atoms with Gasteiger partial charge in [0.15, 0.2) is 0 Å². The van der Waals surface area contributed by atoms with Crippen molar-refractivity contribution in [2.45, 2.75) is 39.5 Å². The molecule has 0 aliphatic carbocycles. The highest BCUT2D eigenvalue weighted by Gasteiger charge is 2.19. The lowest BCUT2D eigenvalue weighted by Crippen LogP contribution is -1.94. The number of halogens is 2. The molecule has 0 bridgehead atoms. The molecule has 0 spiro atoms. The fourth-order valence-corrected chi connectivity index (χ4v) is 1.32. The molecule has 0 saturated heterocycles. The second-order valence-corrected chi connectivity index (χ2v) is 3.26. The van der Waals surface area contributed by atoms with Crippen LogP contribution in [0.4, 0.5) is 8.78 Å². The van der Waals surface area contributed by atoms with Crippen molar-refractivity contribution >= 4 is 0 Å². The lowest BCUT2D eigenvalue weighted by Gasteiger charge is -2.06. The smallest absolute Gasteiger partial charge is 0.282 e. The summed E-state index contributed by atoms with van der Waals surface area (Å²) in [6.45, 7) is 5.70. The van der Waals surface area contributed by atoms with E-state index in [1.165, 1.54) is 0 Å². The van der Waals surface area contributed by atoms with E-state index in [-0.39, 0.29) is 11.6 Å². The zero-order valence-corrected chi connectivity index (χ0v) is 8.06. The molecule has 1 aromatic heterocycles. The van der Waals surface area contributed by atoms with Crippen molar-refractivity contribution in [2.24, 2.45) is 0 Å². The molecule has 1 heterocycles. The third kappa shape index (κ3) is 1.87. The molecule has 1 unspecified atom stereocenters. The first-order valence-electron chi connectivity index (χ1n) is 4.40. The Kier molecular flexibility index (Phi) is 3.01. The van der Waals surface area contributed by atoms with Crippen LogP contribution in [0.3, 0.4) is 0 Å². The SMILES string of the molecule is CCC(C)c1[nH]nc(C(F)F)c1C. The fraction of sp³-hybridized carbons (Fsp3) is 0.667. The molecule has 0 fully saturated rings. The van der Waals surface area contributed by atoms with E-state index < -0.39 is 6.43 Å². The molecule has 0 aromatic carbocycles. The second-order valence-electron chi connectivity index (χ2n) is 3.26. The maximum absolute atomic E-state index is 12.3. The molecule has 4 heteroatoms. The third-order valence-electron chi connectivity index (χ3n) is 2.40. The molecule has 1 rings (SSSR count). The molecule has 0 aliphatic heterocycles. The van der Waals surface area contributed by atoms with Gasteiger partial charge in [-0.3, -0.25) is 5.10 Å². The second kappa shape index (κ2) is 3.85. The molecule has 74 valence electrons. The Morgan fingerprint density at radius 3 is 2.46 bits per heavy atom. The standard InChI is InChI=1S/C9H14F2N2/c1-4-5(2)7-6(3)8(9(10)11)13-12-7/h5,9H,4H2,1-3H3,(H,12,13). The fourth-order valence-electron chi connectivity index (χ4n) is 1.32. The summed E-state index contributed by atoms with van der Waals surface area (Å²) in [7, 11) is 0. The van der Waals surface area contributed by atoms with Crippen LogP contribution in [0.1, 0.15) is 49.6 Å². The summed E-state index contributed by atoms with van der Waals surface area (Å²) in [4.78, 5) is 0. The predicted octanol–water partition coefficient (Wildman–Crippen LogP) is 3.17. The maximum atomic E-state index is 12.3. The highest BCUT2D eigenvalue weighted by atomic mass is 19.3. The van der Waals surface area contributed by atoms with Gasteiger partial charge in [-0.25, -0.2) is 8.78 Å². The average molecular weight is 188 g/mol. The summed E-state index contributed by atoms with van der Waals surface area (Å²) in [6.07, 6.45) is -1.56. The Labute approximate surface area is 76.3 Å². The van der Waals surface area contributed by atoms with E-state index in [2.05, 4.69) is 10.2 Å². The van der Waals surface area contributed by atoms with Gasteiger partial charge in [0.05, 0.1) is 0 Å². The zero-order chi connectivity index (χ0) is 10.0. The molecular formula is C9H14F2N2. The minimum absolute atomic E-state index is 0.115. The van der Waals surface area contributed by atoms with Crippen LogP contribution in [0, 0.1) is 6.92 Å². The normalized spacial score (nSPS) is 13.7. The van der Waals surface area contributed by atoms with Gasteiger partial charge in [0.25, 0.3) is 6.43 Å². The highest BCUT2D eigenvalue weighted by molar-refractivity contribution is 5.26. The lowest BCUT2D eigenvalue weighted by molar-refractivity contribution is 0.145. The first-order valence-corrected chi connectivity index (χ1v) is 4.40. The number of hydrogen-bond acceptors (Lipinski definition) is 1. The van der Waals surface area contributed by atoms with E-state index in [1.807, 2.05) is 13.8 Å². The number of alkyl halides is 2. The van der Waals surface area contributed by atoms with E-state index in [0.717, 1.165) is 12.1 Å². The summed E-state index contributed by atoms with van der Waals surface area (Å²) < 4.78 is 24.7. The molecule has 1 aromatic rings. The Morgan fingerprint density at radius 2 is 2.08 bits per heavy atom. The van der Waals surface area contributed by atoms with Gasteiger partial charge in [0.2, 0.25) is 0 Å². The maximum Gasteiger partial charge on any atom is 0.282 e. The zero-order valence-electron chi connectivity index (χ0n) is 8.06. The molecular weight excluding hydrogens is 174 g/mol. The summed E-state index contributed by atoms with van der Waals surface area (Å²) in [6, 6.07) is 0. The molecule has 2 nitrogen and oxygen atoms in total. The molecule has 0 saturated carbocycles. The van der Waals surface area contributed by atoms with Crippen molar-refractivity contribution in [1.29, 1.82) is 0 Å². The number of aromatic amines is 1. The van der Waals surface area contributed by atoms with Crippen LogP contribution in [-0.2, 0) is 0 Å². The number of hydrogen-bond donors (Lipinski definition) is 1. The van der Waals surface area contributed by atoms with Gasteiger partial charge in [-0.05, 0) is 24.8 Å². The average Bonchev–Trinajstić information content (AvgIpc) is 2.46. The van der Waals surface area contributed by atoms with Crippen molar-refractivity contribution < 1.29 is 8.78 Å². The summed E-state index contributed by atoms with van der Waals surface area (Å²) >= 11 is 0. The first-order chi connectivity index (χ1) is 6.07. The quantitative estimate of drug-likeness (QED) is 0.775. The summed E-state index contributed by atoms with van der Waals surface area (Å²) in [5, 5.41) is 6.29. The van der Waals surface area contributed by atoms with Crippen LogP contribution in [0.2, 0.25) is 0 Å². The van der Waals surface area contributed by atoms with Crippen LogP contribution in [-0.4, -0.2) is 10.2 Å². The van der Waals surface area contributed by atoms with Crippen molar-refractivity contribution in [3.63, 3.8) is 0 Å². The van der Waals surface area contributed by atoms with E-state index in [9.17, 15) is 8.78 Å². The van der Waals surface area contributed by atoms with E-state index in [1.54, 1.807) is 6.92 Å². The number of H-pyrrole nitrogens is 1. The van der Waals surface area contributed by atoms with E-state index in [4.69, 9.17) is 0 Å². The molecule has 1 atom stereocenters. The van der Waals surface area contributed by atoms with Crippen LogP contribution in [0.5, 0.6) is 0 Å². The first kappa shape index (κ1) is 10.2. The summed E-state index contributed by atoms with van der Waals surface area (Å²) in [5.41, 5.74) is 1.32. The van der Waals surface area contributed by atoms with Gasteiger partial charge in [-0.1, -0.05) is 13.8 Å². The molecule has 13 heavy (non-hydrogen) atoms. The minimum atomic E-state index is -2.48. The Balaban J connectivity index is 2.99. The number of nitrogens with zero attached hydrogens (tertiary/aromatic N) is 1. The number of aromatic nitrogens is 2. The van der Waals surface area contributed by atoms with Crippen LogP contribution in [0.25, 0.3) is 0 Å². The van der Waals surface area contributed by atoms with Crippen LogP contribution >= 0.6 is 0 Å². The topological polar surface area (TPSA) is 28.7 Å². The largest absolute Gasteiger partial charge is 0.282 e. The Bertz CT molecular complexity index is 281.